The predicted octanol–water partition coefficient (Wildman–Crippen LogP) is 1.67. The Bertz CT molecular complexity index is 511. The summed E-state index contributed by atoms with van der Waals surface area (Å²) in [6.07, 6.45) is 5.71. The second kappa shape index (κ2) is 7.07. The van der Waals surface area contributed by atoms with Crippen molar-refractivity contribution >= 4 is 5.82 Å². The molecule has 22 heavy (non-hydrogen) atoms. The van der Waals surface area contributed by atoms with Crippen molar-refractivity contribution in [3.8, 4) is 5.88 Å². The first-order chi connectivity index (χ1) is 10.8. The van der Waals surface area contributed by atoms with E-state index in [9.17, 15) is 0 Å². The minimum absolute atomic E-state index is 0.257. The van der Waals surface area contributed by atoms with Crippen molar-refractivity contribution in [2.45, 2.75) is 25.0 Å². The average Bonchev–Trinajstić information content (AvgIpc) is 2.98. The lowest BCUT2D eigenvalue weighted by Gasteiger charge is -2.38. The van der Waals surface area contributed by atoms with Gasteiger partial charge in [0.2, 0.25) is 5.88 Å². The van der Waals surface area contributed by atoms with Crippen molar-refractivity contribution < 1.29 is 14.2 Å². The quantitative estimate of drug-likeness (QED) is 0.589. The molecule has 2 fully saturated rings. The first-order valence-corrected chi connectivity index (χ1v) is 7.74. The van der Waals surface area contributed by atoms with Crippen molar-refractivity contribution in [2.75, 3.05) is 38.4 Å². The normalized spacial score (nSPS) is 27.5. The van der Waals surface area contributed by atoms with Crippen molar-refractivity contribution in [2.24, 2.45) is 5.92 Å². The lowest BCUT2D eigenvalue weighted by Crippen LogP contribution is -2.49. The van der Waals surface area contributed by atoms with Gasteiger partial charge in [0.15, 0.2) is 0 Å². The van der Waals surface area contributed by atoms with Crippen LogP contribution >= 0.6 is 0 Å². The molecule has 6 nitrogen and oxygen atoms in total. The van der Waals surface area contributed by atoms with Gasteiger partial charge in [0, 0.05) is 19.2 Å². The molecule has 0 N–H and O–H groups in total. The molecule has 2 heterocycles. The Hall–Kier alpha value is -1.66. The number of methoxy groups -OCH3 is 1. The Morgan fingerprint density at radius 1 is 1.45 bits per heavy atom. The number of morpholine rings is 1. The van der Waals surface area contributed by atoms with Crippen LogP contribution in [0.2, 0.25) is 0 Å². The molecule has 3 rings (SSSR count). The number of ether oxygens (including phenoxy) is 3. The summed E-state index contributed by atoms with van der Waals surface area (Å²) in [5, 5.41) is 0. The summed E-state index contributed by atoms with van der Waals surface area (Å²) in [7, 11) is 1.62. The largest absolute Gasteiger partial charge is 0.481 e. The molecular formula is C16H23N3O3. The topological polar surface area (TPSA) is 56.7 Å². The van der Waals surface area contributed by atoms with E-state index in [-0.39, 0.29) is 6.10 Å². The first-order valence-electron chi connectivity index (χ1n) is 7.74. The third-order valence-electron chi connectivity index (χ3n) is 4.35. The van der Waals surface area contributed by atoms with Gasteiger partial charge in [-0.3, -0.25) is 0 Å². The summed E-state index contributed by atoms with van der Waals surface area (Å²) in [6.45, 7) is 6.64. The molecule has 1 aliphatic heterocycles. The molecule has 1 aromatic rings. The fourth-order valence-corrected chi connectivity index (χ4v) is 3.39. The zero-order valence-electron chi connectivity index (χ0n) is 13.0. The maximum Gasteiger partial charge on any atom is 0.218 e. The van der Waals surface area contributed by atoms with Crippen molar-refractivity contribution in [3.05, 3.63) is 25.0 Å². The number of hydrogen-bond donors (Lipinski definition) is 0. The molecule has 2 aliphatic rings. The molecule has 120 valence electrons. The molecule has 1 saturated heterocycles. The van der Waals surface area contributed by atoms with Gasteiger partial charge < -0.3 is 19.1 Å². The zero-order valence-corrected chi connectivity index (χ0v) is 13.0. The molecule has 1 aromatic heterocycles. The minimum atomic E-state index is 0.257. The van der Waals surface area contributed by atoms with Crippen molar-refractivity contribution in [3.63, 3.8) is 0 Å². The molecular weight excluding hydrogens is 282 g/mol. The van der Waals surface area contributed by atoms with E-state index in [0.29, 0.717) is 24.4 Å². The molecule has 0 bridgehead atoms. The molecule has 1 saturated carbocycles. The molecule has 0 aromatic carbocycles. The zero-order chi connectivity index (χ0) is 15.4. The molecule has 3 atom stereocenters. The highest BCUT2D eigenvalue weighted by Gasteiger charge is 2.41. The number of nitrogens with zero attached hydrogens (tertiary/aromatic N) is 3. The minimum Gasteiger partial charge on any atom is -0.481 e. The number of aromatic nitrogens is 2. The Kier molecular flexibility index (Phi) is 4.90. The van der Waals surface area contributed by atoms with Crippen LogP contribution < -0.4 is 9.64 Å². The van der Waals surface area contributed by atoms with Crippen LogP contribution in [0.1, 0.15) is 12.8 Å². The molecule has 1 aliphatic carbocycles. The fourth-order valence-electron chi connectivity index (χ4n) is 3.39. The van der Waals surface area contributed by atoms with Crippen LogP contribution in [0.4, 0.5) is 5.82 Å². The van der Waals surface area contributed by atoms with Gasteiger partial charge in [-0.25, -0.2) is 9.97 Å². The highest BCUT2D eigenvalue weighted by atomic mass is 16.5. The lowest BCUT2D eigenvalue weighted by molar-refractivity contribution is 0.0215. The van der Waals surface area contributed by atoms with Crippen LogP contribution in [0, 0.1) is 5.92 Å². The van der Waals surface area contributed by atoms with Crippen LogP contribution in [0.25, 0.3) is 0 Å². The maximum absolute atomic E-state index is 5.95. The van der Waals surface area contributed by atoms with Crippen molar-refractivity contribution in [1.82, 2.24) is 9.97 Å². The number of rotatable bonds is 6. The molecule has 0 amide bonds. The van der Waals surface area contributed by atoms with Gasteiger partial charge in [-0.05, 0) is 18.8 Å². The molecule has 3 unspecified atom stereocenters. The van der Waals surface area contributed by atoms with Crippen LogP contribution in [-0.2, 0) is 9.47 Å². The highest BCUT2D eigenvalue weighted by molar-refractivity contribution is 5.43. The van der Waals surface area contributed by atoms with E-state index in [4.69, 9.17) is 14.2 Å². The lowest BCUT2D eigenvalue weighted by atomic mass is 10.1. The van der Waals surface area contributed by atoms with Gasteiger partial charge in [0.25, 0.3) is 0 Å². The van der Waals surface area contributed by atoms with Crippen LogP contribution in [0.3, 0.4) is 0 Å². The summed E-state index contributed by atoms with van der Waals surface area (Å²) in [5.74, 6) is 2.04. The van der Waals surface area contributed by atoms with E-state index < -0.39 is 0 Å². The summed E-state index contributed by atoms with van der Waals surface area (Å²) in [6, 6.07) is 2.25. The highest BCUT2D eigenvalue weighted by Crippen LogP contribution is 2.36. The Labute approximate surface area is 131 Å². The van der Waals surface area contributed by atoms with E-state index in [2.05, 4.69) is 21.4 Å². The second-order valence-electron chi connectivity index (χ2n) is 5.75. The molecule has 6 heteroatoms. The first kappa shape index (κ1) is 15.2. The standard InChI is InChI=1S/C16H23N3O3/c1-3-5-21-10-12-7-13-14(8-12)22-6-4-19(13)15-9-16(20-2)18-11-17-15/h3,9,11-14H,1,4-8,10H2,2H3. The Morgan fingerprint density at radius 2 is 2.36 bits per heavy atom. The summed E-state index contributed by atoms with van der Waals surface area (Å²) in [5.41, 5.74) is 0. The third-order valence-corrected chi connectivity index (χ3v) is 4.35. The SMILES string of the molecule is C=CCOCC1CC2OCCN(c3cc(OC)ncn3)C2C1. The van der Waals surface area contributed by atoms with Gasteiger partial charge in [-0.1, -0.05) is 6.08 Å². The predicted molar refractivity (Wildman–Crippen MR) is 83.2 cm³/mol. The van der Waals surface area contributed by atoms with E-state index in [1.807, 2.05) is 6.07 Å². The van der Waals surface area contributed by atoms with Gasteiger partial charge in [-0.15, -0.1) is 6.58 Å². The Balaban J connectivity index is 1.69. The fraction of sp³-hybridized carbons (Fsp3) is 0.625. The van der Waals surface area contributed by atoms with E-state index in [0.717, 1.165) is 38.4 Å². The van der Waals surface area contributed by atoms with Gasteiger partial charge >= 0.3 is 0 Å². The molecule has 0 radical (unpaired) electrons. The van der Waals surface area contributed by atoms with E-state index >= 15 is 0 Å². The number of anilines is 1. The van der Waals surface area contributed by atoms with Crippen LogP contribution in [0.15, 0.2) is 25.0 Å². The van der Waals surface area contributed by atoms with Gasteiger partial charge in [0.05, 0.1) is 32.5 Å². The molecule has 0 spiro atoms. The average molecular weight is 305 g/mol. The van der Waals surface area contributed by atoms with E-state index in [1.165, 1.54) is 0 Å². The summed E-state index contributed by atoms with van der Waals surface area (Å²) in [4.78, 5) is 10.8. The van der Waals surface area contributed by atoms with E-state index in [1.54, 1.807) is 19.5 Å². The summed E-state index contributed by atoms with van der Waals surface area (Å²) >= 11 is 0. The van der Waals surface area contributed by atoms with Crippen LogP contribution in [-0.4, -0.2) is 55.6 Å². The van der Waals surface area contributed by atoms with Gasteiger partial charge in [-0.2, -0.15) is 0 Å². The summed E-state index contributed by atoms with van der Waals surface area (Å²) < 4.78 is 16.8. The Morgan fingerprint density at radius 3 is 3.18 bits per heavy atom. The second-order valence-corrected chi connectivity index (χ2v) is 5.75. The third kappa shape index (κ3) is 3.23. The van der Waals surface area contributed by atoms with Crippen LogP contribution in [0.5, 0.6) is 5.88 Å². The number of hydrogen-bond acceptors (Lipinski definition) is 6. The smallest absolute Gasteiger partial charge is 0.218 e. The van der Waals surface area contributed by atoms with Gasteiger partial charge in [0.1, 0.15) is 12.1 Å². The number of fused-ring (bicyclic) bond motifs is 1. The monoisotopic (exact) mass is 305 g/mol. The van der Waals surface area contributed by atoms with Crippen molar-refractivity contribution in [1.29, 1.82) is 0 Å². The maximum atomic E-state index is 5.95.